The first-order valence-corrected chi connectivity index (χ1v) is 7.58. The number of para-hydroxylation sites is 1. The minimum absolute atomic E-state index is 0.0712. The molecule has 0 saturated heterocycles. The van der Waals surface area contributed by atoms with Crippen molar-refractivity contribution in [1.29, 1.82) is 5.26 Å². The maximum absolute atomic E-state index is 11.9. The van der Waals surface area contributed by atoms with Crippen LogP contribution in [0.5, 0.6) is 0 Å². The zero-order valence-corrected chi connectivity index (χ0v) is 12.6. The number of carbonyl (C=O) groups excluding carboxylic acids is 1. The standard InChI is InChI=1S/C15H16N4OS/c1-19-9-8-17-15(19)21-10-4-7-14(20)18-13-6-3-2-5-12(13)11-16/h2-3,5-6,8-9H,4,7,10H2,1H3,(H,18,20). The number of nitriles is 1. The molecule has 6 heteroatoms. The van der Waals surface area contributed by atoms with E-state index in [2.05, 4.69) is 16.4 Å². The van der Waals surface area contributed by atoms with Gasteiger partial charge in [0.25, 0.3) is 0 Å². The van der Waals surface area contributed by atoms with Gasteiger partial charge >= 0.3 is 0 Å². The van der Waals surface area contributed by atoms with Crippen LogP contribution in [0.1, 0.15) is 18.4 Å². The molecule has 0 unspecified atom stereocenters. The lowest BCUT2D eigenvalue weighted by Gasteiger charge is -2.06. The molecule has 0 saturated carbocycles. The summed E-state index contributed by atoms with van der Waals surface area (Å²) in [5.74, 6) is 0.760. The second-order valence-corrected chi connectivity index (χ2v) is 5.54. The third-order valence-electron chi connectivity index (χ3n) is 2.88. The van der Waals surface area contributed by atoms with Gasteiger partial charge in [0, 0.05) is 31.6 Å². The number of nitrogens with one attached hydrogen (secondary N) is 1. The SMILES string of the molecule is Cn1ccnc1SCCCC(=O)Nc1ccccc1C#N. The normalized spacial score (nSPS) is 10.1. The van der Waals surface area contributed by atoms with Crippen molar-refractivity contribution in [3.05, 3.63) is 42.2 Å². The van der Waals surface area contributed by atoms with Crippen LogP contribution in [0.15, 0.2) is 41.8 Å². The van der Waals surface area contributed by atoms with Crippen molar-refractivity contribution in [1.82, 2.24) is 9.55 Å². The second-order valence-electron chi connectivity index (χ2n) is 4.48. The number of aryl methyl sites for hydroxylation is 1. The molecular weight excluding hydrogens is 284 g/mol. The maximum Gasteiger partial charge on any atom is 0.224 e. The average molecular weight is 300 g/mol. The Morgan fingerprint density at radius 3 is 3.00 bits per heavy atom. The molecule has 0 spiro atoms. The monoisotopic (exact) mass is 300 g/mol. The molecule has 1 heterocycles. The van der Waals surface area contributed by atoms with E-state index in [1.165, 1.54) is 0 Å². The molecule has 108 valence electrons. The summed E-state index contributed by atoms with van der Waals surface area (Å²) in [6.07, 6.45) is 4.84. The Morgan fingerprint density at radius 2 is 2.29 bits per heavy atom. The molecule has 5 nitrogen and oxygen atoms in total. The highest BCUT2D eigenvalue weighted by Gasteiger charge is 2.06. The molecule has 2 aromatic rings. The van der Waals surface area contributed by atoms with Crippen LogP contribution in [0.3, 0.4) is 0 Å². The summed E-state index contributed by atoms with van der Waals surface area (Å²) in [5, 5.41) is 12.7. The van der Waals surface area contributed by atoms with Crippen LogP contribution in [0, 0.1) is 11.3 Å². The van der Waals surface area contributed by atoms with Gasteiger partial charge in [0.2, 0.25) is 5.91 Å². The average Bonchev–Trinajstić information content (AvgIpc) is 2.89. The number of aromatic nitrogens is 2. The minimum Gasteiger partial charge on any atom is -0.329 e. The van der Waals surface area contributed by atoms with Crippen LogP contribution >= 0.6 is 11.8 Å². The summed E-state index contributed by atoms with van der Waals surface area (Å²) in [5.41, 5.74) is 1.05. The van der Waals surface area contributed by atoms with Gasteiger partial charge < -0.3 is 9.88 Å². The highest BCUT2D eigenvalue weighted by Crippen LogP contribution is 2.17. The minimum atomic E-state index is -0.0712. The van der Waals surface area contributed by atoms with Crippen LogP contribution in [-0.2, 0) is 11.8 Å². The highest BCUT2D eigenvalue weighted by molar-refractivity contribution is 7.99. The molecule has 0 atom stereocenters. The van der Waals surface area contributed by atoms with Crippen LogP contribution < -0.4 is 5.32 Å². The van der Waals surface area contributed by atoms with Gasteiger partial charge in [-0.1, -0.05) is 23.9 Å². The fourth-order valence-electron chi connectivity index (χ4n) is 1.79. The fraction of sp³-hybridized carbons (Fsp3) is 0.267. The number of amides is 1. The molecule has 0 aliphatic rings. The molecule has 0 aliphatic carbocycles. The van der Waals surface area contributed by atoms with Crippen molar-refractivity contribution >= 4 is 23.4 Å². The molecule has 1 amide bonds. The molecule has 0 fully saturated rings. The van der Waals surface area contributed by atoms with Crippen molar-refractivity contribution < 1.29 is 4.79 Å². The highest BCUT2D eigenvalue weighted by atomic mass is 32.2. The van der Waals surface area contributed by atoms with Gasteiger partial charge in [0.05, 0.1) is 11.3 Å². The van der Waals surface area contributed by atoms with Gasteiger partial charge in [-0.25, -0.2) is 4.98 Å². The van der Waals surface area contributed by atoms with Crippen molar-refractivity contribution in [2.45, 2.75) is 18.0 Å². The number of anilines is 1. The number of hydrogen-bond acceptors (Lipinski definition) is 4. The number of rotatable bonds is 6. The van der Waals surface area contributed by atoms with Gasteiger partial charge in [-0.3, -0.25) is 4.79 Å². The van der Waals surface area contributed by atoms with E-state index < -0.39 is 0 Å². The van der Waals surface area contributed by atoms with E-state index in [0.717, 1.165) is 17.3 Å². The van der Waals surface area contributed by atoms with Gasteiger partial charge in [-0.15, -0.1) is 0 Å². The van der Waals surface area contributed by atoms with Gasteiger partial charge in [0.1, 0.15) is 6.07 Å². The zero-order valence-electron chi connectivity index (χ0n) is 11.7. The predicted molar refractivity (Wildman–Crippen MR) is 83.0 cm³/mol. The predicted octanol–water partition coefficient (Wildman–Crippen LogP) is 2.80. The van der Waals surface area contributed by atoms with Crippen molar-refractivity contribution in [2.75, 3.05) is 11.1 Å². The van der Waals surface area contributed by atoms with E-state index in [4.69, 9.17) is 5.26 Å². The summed E-state index contributed by atoms with van der Waals surface area (Å²) < 4.78 is 1.95. The quantitative estimate of drug-likeness (QED) is 0.658. The first-order chi connectivity index (χ1) is 10.2. The summed E-state index contributed by atoms with van der Waals surface area (Å²) in [6.45, 7) is 0. The second kappa shape index (κ2) is 7.50. The summed E-state index contributed by atoms with van der Waals surface area (Å²) in [4.78, 5) is 16.1. The van der Waals surface area contributed by atoms with Crippen molar-refractivity contribution in [3.63, 3.8) is 0 Å². The molecule has 2 rings (SSSR count). The van der Waals surface area contributed by atoms with Crippen LogP contribution in [0.25, 0.3) is 0 Å². The Labute approximate surface area is 128 Å². The Bertz CT molecular complexity index is 660. The zero-order chi connectivity index (χ0) is 15.1. The van der Waals surface area contributed by atoms with Crippen LogP contribution in [0.4, 0.5) is 5.69 Å². The third kappa shape index (κ3) is 4.36. The number of nitrogens with zero attached hydrogens (tertiary/aromatic N) is 3. The molecule has 1 N–H and O–H groups in total. The molecule has 1 aromatic heterocycles. The van der Waals surface area contributed by atoms with Gasteiger partial charge in [0.15, 0.2) is 5.16 Å². The number of imidazole rings is 1. The Morgan fingerprint density at radius 1 is 1.48 bits per heavy atom. The van der Waals surface area contributed by atoms with Crippen LogP contribution in [-0.4, -0.2) is 21.2 Å². The van der Waals surface area contributed by atoms with E-state index in [9.17, 15) is 4.79 Å². The Balaban J connectivity index is 1.75. The smallest absolute Gasteiger partial charge is 0.224 e. The lowest BCUT2D eigenvalue weighted by molar-refractivity contribution is -0.116. The van der Waals surface area contributed by atoms with Gasteiger partial charge in [-0.2, -0.15) is 5.26 Å². The molecule has 0 aliphatic heterocycles. The lowest BCUT2D eigenvalue weighted by atomic mass is 10.2. The molecule has 0 radical (unpaired) electrons. The van der Waals surface area contributed by atoms with Crippen molar-refractivity contribution in [2.24, 2.45) is 7.05 Å². The number of thioether (sulfide) groups is 1. The Hall–Kier alpha value is -2.26. The largest absolute Gasteiger partial charge is 0.329 e. The first-order valence-electron chi connectivity index (χ1n) is 6.60. The first kappa shape index (κ1) is 15.1. The third-order valence-corrected chi connectivity index (χ3v) is 4.02. The van der Waals surface area contributed by atoms with E-state index in [0.29, 0.717) is 17.7 Å². The summed E-state index contributed by atoms with van der Waals surface area (Å²) in [7, 11) is 1.95. The van der Waals surface area contributed by atoms with Gasteiger partial charge in [-0.05, 0) is 18.6 Å². The van der Waals surface area contributed by atoms with E-state index in [-0.39, 0.29) is 5.91 Å². The molecule has 1 aromatic carbocycles. The molecule has 21 heavy (non-hydrogen) atoms. The Kier molecular flexibility index (Phi) is 5.41. The van der Waals surface area contributed by atoms with Crippen molar-refractivity contribution in [3.8, 4) is 6.07 Å². The lowest BCUT2D eigenvalue weighted by Crippen LogP contribution is -2.12. The van der Waals surface area contributed by atoms with E-state index in [1.54, 1.807) is 42.2 Å². The number of carbonyl (C=O) groups is 1. The summed E-state index contributed by atoms with van der Waals surface area (Å²) >= 11 is 1.63. The fourth-order valence-corrected chi connectivity index (χ4v) is 2.66. The summed E-state index contributed by atoms with van der Waals surface area (Å²) in [6, 6.07) is 9.06. The van der Waals surface area contributed by atoms with E-state index in [1.807, 2.05) is 17.8 Å². The molecule has 0 bridgehead atoms. The number of benzene rings is 1. The van der Waals surface area contributed by atoms with Crippen LogP contribution in [0.2, 0.25) is 0 Å². The topological polar surface area (TPSA) is 70.7 Å². The molecular formula is C15H16N4OS. The van der Waals surface area contributed by atoms with E-state index >= 15 is 0 Å². The number of hydrogen-bond donors (Lipinski definition) is 1. The maximum atomic E-state index is 11.9.